The fraction of sp³-hybridized carbons (Fsp3) is 0.300. The molecule has 4 rings (SSSR count). The van der Waals surface area contributed by atoms with Crippen LogP contribution in [0.2, 0.25) is 0 Å². The standard InChI is InChI=1S/C20H21N3O3/c24-19-15(10-11-21-19)22-20(25)23-16-12-18(13-6-2-1-3-7-13)26-17-9-5-4-8-14(16)17/h1-9,15-16,18H,10-12H2,(H,21,24)(H2,22,23,25)/t15-,16+,18-/m0/s1. The molecule has 0 aliphatic carbocycles. The van der Waals surface area contributed by atoms with E-state index in [1.165, 1.54) is 0 Å². The number of fused-ring (bicyclic) bond motifs is 1. The molecule has 2 aromatic rings. The average Bonchev–Trinajstić information content (AvgIpc) is 3.07. The molecule has 3 amide bonds. The molecule has 2 aromatic carbocycles. The lowest BCUT2D eigenvalue weighted by Crippen LogP contribution is -2.47. The first-order valence-electron chi connectivity index (χ1n) is 8.86. The van der Waals surface area contributed by atoms with Gasteiger partial charge in [-0.25, -0.2) is 4.79 Å². The van der Waals surface area contributed by atoms with Gasteiger partial charge in [0.15, 0.2) is 0 Å². The lowest BCUT2D eigenvalue weighted by molar-refractivity contribution is -0.120. The molecule has 1 fully saturated rings. The van der Waals surface area contributed by atoms with Gasteiger partial charge in [-0.3, -0.25) is 4.79 Å². The van der Waals surface area contributed by atoms with Crippen LogP contribution in [0.3, 0.4) is 0 Å². The molecule has 2 aliphatic heterocycles. The predicted octanol–water partition coefficient (Wildman–Crippen LogP) is 2.44. The highest BCUT2D eigenvalue weighted by atomic mass is 16.5. The van der Waals surface area contributed by atoms with Crippen LogP contribution in [-0.4, -0.2) is 24.5 Å². The number of rotatable bonds is 3. The van der Waals surface area contributed by atoms with Gasteiger partial charge in [-0.2, -0.15) is 0 Å². The van der Waals surface area contributed by atoms with E-state index in [-0.39, 0.29) is 24.1 Å². The van der Waals surface area contributed by atoms with Gasteiger partial charge in [-0.05, 0) is 18.1 Å². The van der Waals surface area contributed by atoms with Crippen LogP contribution >= 0.6 is 0 Å². The number of hydrogen-bond acceptors (Lipinski definition) is 3. The van der Waals surface area contributed by atoms with E-state index in [1.54, 1.807) is 0 Å². The van der Waals surface area contributed by atoms with Gasteiger partial charge in [-0.1, -0.05) is 48.5 Å². The predicted molar refractivity (Wildman–Crippen MR) is 96.7 cm³/mol. The van der Waals surface area contributed by atoms with Crippen molar-refractivity contribution < 1.29 is 14.3 Å². The zero-order valence-corrected chi connectivity index (χ0v) is 14.3. The largest absolute Gasteiger partial charge is 0.485 e. The fourth-order valence-corrected chi connectivity index (χ4v) is 3.52. The molecule has 0 unspecified atom stereocenters. The highest BCUT2D eigenvalue weighted by Crippen LogP contribution is 2.40. The molecule has 0 aromatic heterocycles. The maximum Gasteiger partial charge on any atom is 0.315 e. The van der Waals surface area contributed by atoms with Crippen LogP contribution in [0.5, 0.6) is 5.75 Å². The Kier molecular flexibility index (Phi) is 4.48. The van der Waals surface area contributed by atoms with Crippen LogP contribution in [0.25, 0.3) is 0 Å². The third-order valence-electron chi connectivity index (χ3n) is 4.84. The number of amides is 3. The first kappa shape index (κ1) is 16.4. The van der Waals surface area contributed by atoms with E-state index in [2.05, 4.69) is 16.0 Å². The van der Waals surface area contributed by atoms with E-state index >= 15 is 0 Å². The molecule has 0 saturated carbocycles. The lowest BCUT2D eigenvalue weighted by Gasteiger charge is -2.33. The molecule has 134 valence electrons. The lowest BCUT2D eigenvalue weighted by atomic mass is 9.93. The average molecular weight is 351 g/mol. The van der Waals surface area contributed by atoms with Gasteiger partial charge in [0.2, 0.25) is 5.91 Å². The van der Waals surface area contributed by atoms with Gasteiger partial charge < -0.3 is 20.7 Å². The van der Waals surface area contributed by atoms with Crippen LogP contribution in [-0.2, 0) is 4.79 Å². The van der Waals surface area contributed by atoms with E-state index in [9.17, 15) is 9.59 Å². The number of nitrogens with one attached hydrogen (secondary N) is 3. The van der Waals surface area contributed by atoms with Crippen molar-refractivity contribution in [1.29, 1.82) is 0 Å². The molecule has 0 spiro atoms. The molecule has 2 aliphatic rings. The molecule has 6 nitrogen and oxygen atoms in total. The van der Waals surface area contributed by atoms with E-state index < -0.39 is 6.04 Å². The van der Waals surface area contributed by atoms with E-state index in [1.807, 2.05) is 54.6 Å². The third kappa shape index (κ3) is 3.35. The number of benzene rings is 2. The van der Waals surface area contributed by atoms with E-state index in [0.717, 1.165) is 16.9 Å². The molecule has 0 bridgehead atoms. The van der Waals surface area contributed by atoms with Crippen LogP contribution in [0.4, 0.5) is 4.79 Å². The maximum absolute atomic E-state index is 12.4. The number of carbonyl (C=O) groups excluding carboxylic acids is 2. The number of hydrogen-bond donors (Lipinski definition) is 3. The quantitative estimate of drug-likeness (QED) is 0.795. The Hall–Kier alpha value is -3.02. The highest BCUT2D eigenvalue weighted by Gasteiger charge is 2.31. The van der Waals surface area contributed by atoms with Crippen LogP contribution in [0.1, 0.15) is 36.1 Å². The minimum absolute atomic E-state index is 0.130. The van der Waals surface area contributed by atoms with Gasteiger partial charge >= 0.3 is 6.03 Å². The molecule has 0 radical (unpaired) electrons. The first-order chi connectivity index (χ1) is 12.7. The normalized spacial score (nSPS) is 24.2. The highest BCUT2D eigenvalue weighted by molar-refractivity contribution is 5.88. The van der Waals surface area contributed by atoms with Crippen molar-refractivity contribution in [2.24, 2.45) is 0 Å². The van der Waals surface area contributed by atoms with Crippen LogP contribution in [0, 0.1) is 0 Å². The van der Waals surface area contributed by atoms with E-state index in [0.29, 0.717) is 19.4 Å². The van der Waals surface area contributed by atoms with Crippen molar-refractivity contribution in [3.63, 3.8) is 0 Å². The Bertz CT molecular complexity index is 809. The smallest absolute Gasteiger partial charge is 0.315 e. The van der Waals surface area contributed by atoms with Gasteiger partial charge in [0.25, 0.3) is 0 Å². The zero-order chi connectivity index (χ0) is 17.9. The molecule has 3 N–H and O–H groups in total. The van der Waals surface area contributed by atoms with Crippen LogP contribution in [0.15, 0.2) is 54.6 Å². The van der Waals surface area contributed by atoms with E-state index in [4.69, 9.17) is 4.74 Å². The molecule has 26 heavy (non-hydrogen) atoms. The monoisotopic (exact) mass is 351 g/mol. The molecular weight excluding hydrogens is 330 g/mol. The Morgan fingerprint density at radius 2 is 1.73 bits per heavy atom. The Labute approximate surface area is 151 Å². The molecule has 6 heteroatoms. The minimum Gasteiger partial charge on any atom is -0.485 e. The summed E-state index contributed by atoms with van der Waals surface area (Å²) < 4.78 is 6.14. The second-order valence-electron chi connectivity index (χ2n) is 6.59. The van der Waals surface area contributed by atoms with Crippen LogP contribution < -0.4 is 20.7 Å². The summed E-state index contributed by atoms with van der Waals surface area (Å²) in [6.45, 7) is 0.597. The SMILES string of the molecule is O=C(N[C@H]1CCNC1=O)N[C@@H]1C[C@@H](c2ccccc2)Oc2ccccc21. The van der Waals surface area contributed by atoms with Gasteiger partial charge in [0.1, 0.15) is 17.9 Å². The third-order valence-corrected chi connectivity index (χ3v) is 4.84. The summed E-state index contributed by atoms with van der Waals surface area (Å²) in [5, 5.41) is 8.49. The number of urea groups is 1. The summed E-state index contributed by atoms with van der Waals surface area (Å²) in [5.74, 6) is 0.645. The van der Waals surface area contributed by atoms with Gasteiger partial charge in [-0.15, -0.1) is 0 Å². The zero-order valence-electron chi connectivity index (χ0n) is 14.3. The fourth-order valence-electron chi connectivity index (χ4n) is 3.52. The summed E-state index contributed by atoms with van der Waals surface area (Å²) in [7, 11) is 0. The van der Waals surface area contributed by atoms with Crippen molar-refractivity contribution in [2.45, 2.75) is 31.0 Å². The number of carbonyl (C=O) groups is 2. The number of para-hydroxylation sites is 1. The Morgan fingerprint density at radius 1 is 1.00 bits per heavy atom. The van der Waals surface area contributed by atoms with Crippen molar-refractivity contribution in [2.75, 3.05) is 6.54 Å². The van der Waals surface area contributed by atoms with Crippen molar-refractivity contribution in [3.05, 3.63) is 65.7 Å². The molecule has 1 saturated heterocycles. The summed E-state index contributed by atoms with van der Waals surface area (Å²) in [5.41, 5.74) is 2.02. The second-order valence-corrected chi connectivity index (χ2v) is 6.59. The topological polar surface area (TPSA) is 79.5 Å². The van der Waals surface area contributed by atoms with Gasteiger partial charge in [0.05, 0.1) is 6.04 Å². The minimum atomic E-state index is -0.463. The first-order valence-corrected chi connectivity index (χ1v) is 8.86. The summed E-state index contributed by atoms with van der Waals surface area (Å²) in [4.78, 5) is 24.1. The number of ether oxygens (including phenoxy) is 1. The maximum atomic E-state index is 12.4. The summed E-state index contributed by atoms with van der Waals surface area (Å²) in [6, 6.07) is 16.7. The molecular formula is C20H21N3O3. The summed E-state index contributed by atoms with van der Waals surface area (Å²) >= 11 is 0. The second kappa shape index (κ2) is 7.07. The Morgan fingerprint density at radius 3 is 2.50 bits per heavy atom. The van der Waals surface area contributed by atoms with Gasteiger partial charge in [0, 0.05) is 18.5 Å². The van der Waals surface area contributed by atoms with Crippen molar-refractivity contribution in [1.82, 2.24) is 16.0 Å². The Balaban J connectivity index is 1.52. The molecule has 2 heterocycles. The van der Waals surface area contributed by atoms with Crippen molar-refractivity contribution in [3.8, 4) is 5.75 Å². The van der Waals surface area contributed by atoms with Crippen molar-refractivity contribution >= 4 is 11.9 Å². The molecule has 3 atom stereocenters. The summed E-state index contributed by atoms with van der Waals surface area (Å²) in [6.07, 6.45) is 1.11.